The molecule has 2 aliphatic rings. The summed E-state index contributed by atoms with van der Waals surface area (Å²) in [5, 5.41) is -1.34. The maximum absolute atomic E-state index is 12.7. The summed E-state index contributed by atoms with van der Waals surface area (Å²) in [6, 6.07) is 0. The van der Waals surface area contributed by atoms with E-state index in [4.69, 9.17) is 18.9 Å². The Balaban J connectivity index is 2.09. The number of rotatable bonds is 11. The average Bonchev–Trinajstić information content (AvgIpc) is 2.67. The molecule has 0 aromatic carbocycles. The van der Waals surface area contributed by atoms with Crippen LogP contribution in [-0.2, 0) is 47.9 Å². The van der Waals surface area contributed by atoms with E-state index in [1.54, 1.807) is 0 Å². The molecule has 11 nitrogen and oxygen atoms in total. The first-order valence-corrected chi connectivity index (χ1v) is 10.7. The van der Waals surface area contributed by atoms with Crippen LogP contribution in [0.4, 0.5) is 0 Å². The molecule has 0 aromatic rings. The molecule has 2 rings (SSSR count). The Morgan fingerprint density at radius 3 is 2.41 bits per heavy atom. The molecule has 12 heteroatoms. The van der Waals surface area contributed by atoms with Crippen LogP contribution in [0.15, 0.2) is 11.3 Å². The van der Waals surface area contributed by atoms with Crippen molar-refractivity contribution in [1.29, 1.82) is 0 Å². The zero-order valence-electron chi connectivity index (χ0n) is 16.5. The van der Waals surface area contributed by atoms with Gasteiger partial charge in [0.05, 0.1) is 39.3 Å². The van der Waals surface area contributed by atoms with E-state index in [1.807, 2.05) is 6.92 Å². The third-order valence-corrected chi connectivity index (χ3v) is 6.19. The van der Waals surface area contributed by atoms with Crippen LogP contribution in [-0.4, -0.2) is 95.1 Å². The summed E-state index contributed by atoms with van der Waals surface area (Å²) in [7, 11) is -2.76. The summed E-state index contributed by atoms with van der Waals surface area (Å²) >= 11 is 0. The van der Waals surface area contributed by atoms with Gasteiger partial charge >= 0.3 is 11.9 Å². The highest BCUT2D eigenvalue weighted by atomic mass is 32.2. The highest BCUT2D eigenvalue weighted by Crippen LogP contribution is 2.38. The van der Waals surface area contributed by atoms with Gasteiger partial charge in [-0.05, 0) is 6.92 Å². The van der Waals surface area contributed by atoms with E-state index in [2.05, 4.69) is 4.74 Å². The summed E-state index contributed by atoms with van der Waals surface area (Å²) in [4.78, 5) is 36.6. The minimum absolute atomic E-state index is 0.0000315. The van der Waals surface area contributed by atoms with Crippen LogP contribution < -0.4 is 0 Å². The number of β-lactam (4-membered cyclic amide) rings is 1. The molecule has 2 heterocycles. The summed E-state index contributed by atoms with van der Waals surface area (Å²) in [6.07, 6.45) is -1.24. The van der Waals surface area contributed by atoms with Crippen LogP contribution in [0.2, 0.25) is 0 Å². The van der Waals surface area contributed by atoms with Crippen molar-refractivity contribution in [2.45, 2.75) is 25.3 Å². The van der Waals surface area contributed by atoms with Crippen molar-refractivity contribution in [3.05, 3.63) is 11.3 Å². The van der Waals surface area contributed by atoms with Gasteiger partial charge in [0.2, 0.25) is 0 Å². The van der Waals surface area contributed by atoms with Gasteiger partial charge in [-0.1, -0.05) is 0 Å². The molecule has 0 spiro atoms. The largest absolute Gasteiger partial charge is 0.464 e. The van der Waals surface area contributed by atoms with Crippen molar-refractivity contribution < 1.29 is 46.5 Å². The molecule has 1 amide bonds. The predicted octanol–water partition coefficient (Wildman–Crippen LogP) is -0.988. The number of ether oxygens (including phenoxy) is 5. The van der Waals surface area contributed by atoms with E-state index < -0.39 is 51.5 Å². The normalized spacial score (nSPS) is 22.7. The van der Waals surface area contributed by atoms with E-state index in [1.165, 1.54) is 0 Å². The van der Waals surface area contributed by atoms with Gasteiger partial charge in [0.25, 0.3) is 5.91 Å². The van der Waals surface area contributed by atoms with Gasteiger partial charge in [0.15, 0.2) is 21.3 Å². The first kappa shape index (κ1) is 23.3. The smallest absolute Gasteiger partial charge is 0.354 e. The highest BCUT2D eigenvalue weighted by molar-refractivity contribution is 7.92. The van der Waals surface area contributed by atoms with Gasteiger partial charge in [-0.15, -0.1) is 0 Å². The Morgan fingerprint density at radius 2 is 1.79 bits per heavy atom. The maximum Gasteiger partial charge on any atom is 0.354 e. The molecule has 0 bridgehead atoms. The fourth-order valence-corrected chi connectivity index (χ4v) is 4.96. The highest BCUT2D eigenvalue weighted by Gasteiger charge is 2.61. The topological polar surface area (TPSA) is 135 Å². The van der Waals surface area contributed by atoms with E-state index in [0.717, 1.165) is 18.9 Å². The molecular weight excluding hydrogens is 410 g/mol. The first-order valence-electron chi connectivity index (χ1n) is 9.00. The monoisotopic (exact) mass is 435 g/mol. The van der Waals surface area contributed by atoms with E-state index >= 15 is 0 Å². The van der Waals surface area contributed by atoms with Crippen LogP contribution >= 0.6 is 0 Å². The lowest BCUT2D eigenvalue weighted by molar-refractivity contribution is -0.167. The Labute approximate surface area is 168 Å². The molecule has 0 unspecified atom stereocenters. The van der Waals surface area contributed by atoms with Crippen LogP contribution in [0.3, 0.4) is 0 Å². The molecule has 0 radical (unpaired) electrons. The third kappa shape index (κ3) is 5.32. The summed E-state index contributed by atoms with van der Waals surface area (Å²) in [6.45, 7) is 4.06. The fraction of sp³-hybridized carbons (Fsp3) is 0.706. The number of hydrogen-bond donors (Lipinski definition) is 0. The fourth-order valence-electron chi connectivity index (χ4n) is 2.98. The molecular formula is C17H25NO10S. The van der Waals surface area contributed by atoms with Gasteiger partial charge in [0.1, 0.15) is 12.3 Å². The van der Waals surface area contributed by atoms with Crippen molar-refractivity contribution in [3.63, 3.8) is 0 Å². The van der Waals surface area contributed by atoms with Crippen molar-refractivity contribution in [2.24, 2.45) is 0 Å². The molecule has 164 valence electrons. The molecule has 0 aromatic heterocycles. The van der Waals surface area contributed by atoms with E-state index in [9.17, 15) is 22.8 Å². The second-order valence-electron chi connectivity index (χ2n) is 6.23. The lowest BCUT2D eigenvalue weighted by Crippen LogP contribution is -2.71. The maximum atomic E-state index is 12.7. The van der Waals surface area contributed by atoms with Gasteiger partial charge in [-0.3, -0.25) is 14.5 Å². The molecule has 0 saturated carbocycles. The van der Waals surface area contributed by atoms with Crippen LogP contribution in [0, 0.1) is 0 Å². The minimum atomic E-state index is -3.87. The van der Waals surface area contributed by atoms with Crippen molar-refractivity contribution in [3.8, 4) is 0 Å². The van der Waals surface area contributed by atoms with Gasteiger partial charge in [0, 0.05) is 19.1 Å². The second-order valence-corrected chi connectivity index (χ2v) is 8.33. The second kappa shape index (κ2) is 10.1. The number of nitrogens with zero attached hydrogens (tertiary/aromatic N) is 1. The van der Waals surface area contributed by atoms with Crippen molar-refractivity contribution >= 4 is 27.7 Å². The third-order valence-electron chi connectivity index (χ3n) is 4.24. The zero-order chi connectivity index (χ0) is 21.6. The van der Waals surface area contributed by atoms with Gasteiger partial charge < -0.3 is 23.7 Å². The molecule has 1 fully saturated rings. The molecule has 0 aliphatic carbocycles. The molecule has 0 N–H and O–H groups in total. The quantitative estimate of drug-likeness (QED) is 0.226. The summed E-state index contributed by atoms with van der Waals surface area (Å²) in [5.74, 6) is -2.78. The van der Waals surface area contributed by atoms with E-state index in [-0.39, 0.29) is 24.5 Å². The zero-order valence-corrected chi connectivity index (χ0v) is 17.4. The first-order chi connectivity index (χ1) is 13.7. The van der Waals surface area contributed by atoms with Crippen LogP contribution in [0.5, 0.6) is 0 Å². The summed E-state index contributed by atoms with van der Waals surface area (Å²) < 4.78 is 50.6. The number of hydrogen-bond acceptors (Lipinski definition) is 10. The van der Waals surface area contributed by atoms with Gasteiger partial charge in [-0.2, -0.15) is 0 Å². The van der Waals surface area contributed by atoms with Gasteiger partial charge in [-0.25, -0.2) is 13.2 Å². The molecule has 2 atom stereocenters. The molecule has 1 saturated heterocycles. The summed E-state index contributed by atoms with van der Waals surface area (Å²) in [5.41, 5.74) is -0.249. The minimum Gasteiger partial charge on any atom is -0.464 e. The van der Waals surface area contributed by atoms with Crippen LogP contribution in [0.25, 0.3) is 0 Å². The lowest BCUT2D eigenvalue weighted by Gasteiger charge is -2.48. The standard InChI is InChI=1S/C17H25NO10S/c1-4-25-5-6-26-7-8-27-14-15(20)18-13(17(21)24-3)12(9-28-11(2)19)10-29(22,23)16(14)18/h14,16H,4-10H2,1-3H3/t14-,16+/m0/s1. The Kier molecular flexibility index (Phi) is 8.14. The number of esters is 2. The number of methoxy groups -OCH3 is 1. The Bertz CT molecular complexity index is 775. The predicted molar refractivity (Wildman–Crippen MR) is 97.1 cm³/mol. The lowest BCUT2D eigenvalue weighted by atomic mass is 10.1. The van der Waals surface area contributed by atoms with E-state index in [0.29, 0.717) is 19.8 Å². The Hall–Kier alpha value is -2.02. The number of fused-ring (bicyclic) bond motifs is 1. The number of carbonyl (C=O) groups is 3. The molecule has 29 heavy (non-hydrogen) atoms. The number of amides is 1. The SMILES string of the molecule is CCOCCOCCO[C@H]1C(=O)N2C(C(=O)OC)=C(COC(C)=O)CS(=O)(=O)[C@H]12. The number of sulfone groups is 1. The Morgan fingerprint density at radius 1 is 1.14 bits per heavy atom. The van der Waals surface area contributed by atoms with Crippen LogP contribution in [0.1, 0.15) is 13.8 Å². The van der Waals surface area contributed by atoms with Crippen molar-refractivity contribution in [2.75, 3.05) is 52.5 Å². The average molecular weight is 435 g/mol. The van der Waals surface area contributed by atoms with Crippen molar-refractivity contribution in [1.82, 2.24) is 4.90 Å². The number of carbonyl (C=O) groups excluding carboxylic acids is 3. The molecule has 2 aliphatic heterocycles.